The Labute approximate surface area is 140 Å². The minimum Gasteiger partial charge on any atom is -0.507 e. The van der Waals surface area contributed by atoms with Gasteiger partial charge in [0, 0.05) is 9.61 Å². The van der Waals surface area contributed by atoms with Crippen molar-refractivity contribution in [2.75, 3.05) is 0 Å². The van der Waals surface area contributed by atoms with Crippen molar-refractivity contribution in [1.82, 2.24) is 9.55 Å². The Morgan fingerprint density at radius 3 is 2.81 bits per heavy atom. The van der Waals surface area contributed by atoms with Gasteiger partial charge in [-0.05, 0) is 65.8 Å². The first kappa shape index (κ1) is 13.4. The molecule has 0 atom stereocenters. The van der Waals surface area contributed by atoms with Gasteiger partial charge in [-0.15, -0.1) is 0 Å². The van der Waals surface area contributed by atoms with Gasteiger partial charge in [0.15, 0.2) is 0 Å². The Morgan fingerprint density at radius 2 is 2.05 bits per heavy atom. The van der Waals surface area contributed by atoms with Crippen LogP contribution in [0.5, 0.6) is 5.75 Å². The molecule has 3 nitrogen and oxygen atoms in total. The molecule has 21 heavy (non-hydrogen) atoms. The van der Waals surface area contributed by atoms with Crippen LogP contribution in [-0.4, -0.2) is 14.7 Å². The SMILES string of the molecule is Oc1ccc(I)cc1-c1nc2cccc(Cl)c2n1C1CC1. The largest absolute Gasteiger partial charge is 0.507 e. The van der Waals surface area contributed by atoms with Crippen molar-refractivity contribution < 1.29 is 5.11 Å². The van der Waals surface area contributed by atoms with Crippen molar-refractivity contribution in [3.8, 4) is 17.1 Å². The highest BCUT2D eigenvalue weighted by atomic mass is 127. The average molecular weight is 411 g/mol. The quantitative estimate of drug-likeness (QED) is 0.604. The molecule has 1 fully saturated rings. The van der Waals surface area contributed by atoms with Gasteiger partial charge in [0.05, 0.1) is 21.6 Å². The summed E-state index contributed by atoms with van der Waals surface area (Å²) < 4.78 is 3.25. The van der Waals surface area contributed by atoms with E-state index in [9.17, 15) is 5.11 Å². The number of phenolic OH excluding ortho intramolecular Hbond substituents is 1. The number of aromatic hydroxyl groups is 1. The first-order valence-electron chi connectivity index (χ1n) is 6.80. The van der Waals surface area contributed by atoms with Gasteiger partial charge in [0.2, 0.25) is 0 Å². The molecule has 1 saturated carbocycles. The van der Waals surface area contributed by atoms with E-state index in [4.69, 9.17) is 16.6 Å². The molecule has 3 aromatic rings. The van der Waals surface area contributed by atoms with Crippen LogP contribution in [0.1, 0.15) is 18.9 Å². The molecule has 0 unspecified atom stereocenters. The highest BCUT2D eigenvalue weighted by molar-refractivity contribution is 14.1. The third kappa shape index (κ3) is 2.21. The van der Waals surface area contributed by atoms with E-state index >= 15 is 0 Å². The number of hydrogen-bond acceptors (Lipinski definition) is 2. The molecule has 5 heteroatoms. The summed E-state index contributed by atoms with van der Waals surface area (Å²) in [5, 5.41) is 10.9. The van der Waals surface area contributed by atoms with E-state index in [2.05, 4.69) is 27.2 Å². The lowest BCUT2D eigenvalue weighted by Gasteiger charge is -2.10. The Balaban J connectivity index is 2.07. The van der Waals surface area contributed by atoms with Crippen LogP contribution >= 0.6 is 34.2 Å². The van der Waals surface area contributed by atoms with Gasteiger partial charge in [0.1, 0.15) is 11.6 Å². The lowest BCUT2D eigenvalue weighted by atomic mass is 10.2. The van der Waals surface area contributed by atoms with Crippen molar-refractivity contribution in [2.24, 2.45) is 0 Å². The van der Waals surface area contributed by atoms with Crippen LogP contribution in [0.3, 0.4) is 0 Å². The van der Waals surface area contributed by atoms with Crippen LogP contribution < -0.4 is 0 Å². The monoisotopic (exact) mass is 410 g/mol. The van der Waals surface area contributed by atoms with E-state index in [1.165, 1.54) is 0 Å². The number of rotatable bonds is 2. The molecule has 0 aliphatic heterocycles. The minimum atomic E-state index is 0.253. The summed E-state index contributed by atoms with van der Waals surface area (Å²) in [6.07, 6.45) is 2.27. The van der Waals surface area contributed by atoms with Crippen LogP contribution in [0, 0.1) is 3.57 Å². The third-order valence-corrected chi connectivity index (χ3v) is 4.75. The zero-order valence-corrected chi connectivity index (χ0v) is 14.0. The number of para-hydroxylation sites is 1. The van der Waals surface area contributed by atoms with Gasteiger partial charge in [-0.25, -0.2) is 4.98 Å². The van der Waals surface area contributed by atoms with Crippen molar-refractivity contribution in [1.29, 1.82) is 0 Å². The highest BCUT2D eigenvalue weighted by Gasteiger charge is 2.30. The van der Waals surface area contributed by atoms with Gasteiger partial charge in [-0.2, -0.15) is 0 Å². The summed E-state index contributed by atoms with van der Waals surface area (Å²) in [6, 6.07) is 11.8. The fraction of sp³-hybridized carbons (Fsp3) is 0.188. The van der Waals surface area contributed by atoms with E-state index in [0.717, 1.165) is 38.8 Å². The summed E-state index contributed by atoms with van der Waals surface area (Å²) in [7, 11) is 0. The molecule has 1 aromatic heterocycles. The van der Waals surface area contributed by atoms with Crippen molar-refractivity contribution in [3.05, 3.63) is 45.0 Å². The van der Waals surface area contributed by atoms with Crippen LogP contribution in [0.4, 0.5) is 0 Å². The summed E-state index contributed by atoms with van der Waals surface area (Å²) in [5.41, 5.74) is 2.61. The van der Waals surface area contributed by atoms with E-state index in [1.807, 2.05) is 30.3 Å². The van der Waals surface area contributed by atoms with Crippen LogP contribution in [0.15, 0.2) is 36.4 Å². The molecule has 1 heterocycles. The maximum Gasteiger partial charge on any atom is 0.145 e. The Hall–Kier alpha value is -1.27. The first-order chi connectivity index (χ1) is 10.1. The van der Waals surface area contributed by atoms with Gasteiger partial charge in [-0.1, -0.05) is 17.7 Å². The molecule has 1 N–H and O–H groups in total. The Morgan fingerprint density at radius 1 is 1.24 bits per heavy atom. The minimum absolute atomic E-state index is 0.253. The lowest BCUT2D eigenvalue weighted by Crippen LogP contribution is -1.98. The van der Waals surface area contributed by atoms with E-state index < -0.39 is 0 Å². The predicted octanol–water partition coefficient (Wildman–Crippen LogP) is 5.00. The lowest BCUT2D eigenvalue weighted by molar-refractivity contribution is 0.476. The maximum atomic E-state index is 10.2. The topological polar surface area (TPSA) is 38.1 Å². The van der Waals surface area contributed by atoms with Gasteiger partial charge < -0.3 is 9.67 Å². The number of aromatic nitrogens is 2. The normalized spacial score (nSPS) is 14.8. The summed E-state index contributed by atoms with van der Waals surface area (Å²) in [6.45, 7) is 0. The second kappa shape index (κ2) is 4.88. The zero-order chi connectivity index (χ0) is 14.6. The standard InChI is InChI=1S/C16H12ClIN2O/c17-12-2-1-3-13-15(12)20(10-5-6-10)16(19-13)11-8-9(18)4-7-14(11)21/h1-4,7-8,10,21H,5-6H2. The zero-order valence-electron chi connectivity index (χ0n) is 11.1. The number of fused-ring (bicyclic) bond motifs is 1. The first-order valence-corrected chi connectivity index (χ1v) is 8.26. The molecule has 1 aliphatic carbocycles. The average Bonchev–Trinajstić information content (AvgIpc) is 3.22. The van der Waals surface area contributed by atoms with Crippen molar-refractivity contribution in [2.45, 2.75) is 18.9 Å². The molecule has 1 aliphatic rings. The number of hydrogen-bond donors (Lipinski definition) is 1. The molecule has 0 spiro atoms. The molecule has 0 bridgehead atoms. The molecule has 0 radical (unpaired) electrons. The number of nitrogens with zero attached hydrogens (tertiary/aromatic N) is 2. The molecule has 4 rings (SSSR count). The third-order valence-electron chi connectivity index (χ3n) is 3.77. The van der Waals surface area contributed by atoms with Crippen molar-refractivity contribution >= 4 is 45.2 Å². The van der Waals surface area contributed by atoms with Gasteiger partial charge >= 0.3 is 0 Å². The van der Waals surface area contributed by atoms with E-state index in [0.29, 0.717) is 11.1 Å². The fourth-order valence-corrected chi connectivity index (χ4v) is 3.42. The summed E-state index contributed by atoms with van der Waals surface area (Å²) in [4.78, 5) is 4.72. The Kier molecular flexibility index (Phi) is 3.11. The molecule has 2 aromatic carbocycles. The van der Waals surface area contributed by atoms with Crippen LogP contribution in [-0.2, 0) is 0 Å². The van der Waals surface area contributed by atoms with E-state index in [-0.39, 0.29) is 5.75 Å². The summed E-state index contributed by atoms with van der Waals surface area (Å²) >= 11 is 8.63. The predicted molar refractivity (Wildman–Crippen MR) is 92.8 cm³/mol. The second-order valence-corrected chi connectivity index (χ2v) is 6.96. The molecule has 0 saturated heterocycles. The van der Waals surface area contributed by atoms with Gasteiger partial charge in [-0.3, -0.25) is 0 Å². The highest BCUT2D eigenvalue weighted by Crippen LogP contribution is 2.44. The molecular weight excluding hydrogens is 399 g/mol. The molecule has 106 valence electrons. The van der Waals surface area contributed by atoms with Crippen LogP contribution in [0.25, 0.3) is 22.4 Å². The summed E-state index contributed by atoms with van der Waals surface area (Å²) in [5.74, 6) is 1.06. The fourth-order valence-electron chi connectivity index (χ4n) is 2.67. The smallest absolute Gasteiger partial charge is 0.145 e. The van der Waals surface area contributed by atoms with Gasteiger partial charge in [0.25, 0.3) is 0 Å². The number of benzene rings is 2. The second-order valence-electron chi connectivity index (χ2n) is 5.31. The maximum absolute atomic E-state index is 10.2. The molecule has 0 amide bonds. The van der Waals surface area contributed by atoms with Crippen molar-refractivity contribution in [3.63, 3.8) is 0 Å². The Bertz CT molecular complexity index is 855. The number of imidazole rings is 1. The van der Waals surface area contributed by atoms with Crippen LogP contribution in [0.2, 0.25) is 5.02 Å². The van der Waals surface area contributed by atoms with E-state index in [1.54, 1.807) is 6.07 Å². The number of halogens is 2. The molecular formula is C16H12ClIN2O. The number of phenols is 1.